The molecule has 0 atom stereocenters. The molecule has 0 unspecified atom stereocenters. The van der Waals surface area contributed by atoms with Gasteiger partial charge in [0.1, 0.15) is 5.75 Å². The number of aromatic hydroxyl groups is 1. The van der Waals surface area contributed by atoms with Crippen LogP contribution in [0.1, 0.15) is 35.4 Å². The van der Waals surface area contributed by atoms with E-state index in [9.17, 15) is 5.11 Å². The van der Waals surface area contributed by atoms with Gasteiger partial charge in [0.25, 0.3) is 0 Å². The molecule has 3 rings (SSSR count). The van der Waals surface area contributed by atoms with E-state index in [1.165, 1.54) is 29.5 Å². The van der Waals surface area contributed by atoms with Gasteiger partial charge in [-0.15, -0.1) is 0 Å². The van der Waals surface area contributed by atoms with Gasteiger partial charge in [-0.2, -0.15) is 0 Å². The Morgan fingerprint density at radius 1 is 0.842 bits per heavy atom. The molecule has 98 valence electrons. The molecule has 2 aromatic rings. The molecule has 2 aromatic carbocycles. The number of hydrogen-bond donors (Lipinski definition) is 2. The summed E-state index contributed by atoms with van der Waals surface area (Å²) in [4.78, 5) is 0. The maximum Gasteiger partial charge on any atom is 0.115 e. The molecule has 1 aliphatic rings. The minimum Gasteiger partial charge on any atom is -0.508 e. The van der Waals surface area contributed by atoms with E-state index in [-0.39, 0.29) is 0 Å². The van der Waals surface area contributed by atoms with Crippen molar-refractivity contribution in [3.05, 3.63) is 65.2 Å². The van der Waals surface area contributed by atoms with E-state index >= 15 is 0 Å². The Hall–Kier alpha value is -1.80. The Bertz CT molecular complexity index is 526. The van der Waals surface area contributed by atoms with E-state index in [1.807, 2.05) is 12.1 Å². The fourth-order valence-corrected chi connectivity index (χ4v) is 2.29. The van der Waals surface area contributed by atoms with Gasteiger partial charge >= 0.3 is 0 Å². The van der Waals surface area contributed by atoms with Crippen LogP contribution in [-0.4, -0.2) is 5.11 Å². The molecule has 19 heavy (non-hydrogen) atoms. The quantitative estimate of drug-likeness (QED) is 0.854. The van der Waals surface area contributed by atoms with Gasteiger partial charge in [0.05, 0.1) is 0 Å². The Morgan fingerprint density at radius 2 is 1.37 bits per heavy atom. The Balaban J connectivity index is 1.50. The number of phenols is 1. The first-order valence-corrected chi connectivity index (χ1v) is 6.89. The summed E-state index contributed by atoms with van der Waals surface area (Å²) >= 11 is 0. The van der Waals surface area contributed by atoms with Gasteiger partial charge < -0.3 is 10.4 Å². The van der Waals surface area contributed by atoms with Crippen LogP contribution in [0.25, 0.3) is 0 Å². The lowest BCUT2D eigenvalue weighted by atomic mass is 10.1. The predicted molar refractivity (Wildman–Crippen MR) is 77.1 cm³/mol. The Kier molecular flexibility index (Phi) is 3.51. The lowest BCUT2D eigenvalue weighted by Gasteiger charge is -2.06. The van der Waals surface area contributed by atoms with Gasteiger partial charge in [0.15, 0.2) is 0 Å². The first-order chi connectivity index (χ1) is 9.31. The van der Waals surface area contributed by atoms with Crippen molar-refractivity contribution in [2.75, 3.05) is 0 Å². The van der Waals surface area contributed by atoms with Gasteiger partial charge in [0, 0.05) is 13.1 Å². The Morgan fingerprint density at radius 3 is 1.89 bits per heavy atom. The highest BCUT2D eigenvalue weighted by atomic mass is 16.3. The molecule has 2 heteroatoms. The zero-order chi connectivity index (χ0) is 13.1. The fraction of sp³-hybridized carbons (Fsp3) is 0.294. The van der Waals surface area contributed by atoms with E-state index in [0.29, 0.717) is 5.75 Å². The molecule has 0 saturated heterocycles. The van der Waals surface area contributed by atoms with Crippen LogP contribution in [0.4, 0.5) is 0 Å². The van der Waals surface area contributed by atoms with Crippen molar-refractivity contribution in [2.24, 2.45) is 0 Å². The highest BCUT2D eigenvalue weighted by Crippen LogP contribution is 2.39. The minimum absolute atomic E-state index is 0.319. The molecule has 0 radical (unpaired) electrons. The molecule has 2 nitrogen and oxygen atoms in total. The van der Waals surface area contributed by atoms with Crippen molar-refractivity contribution in [1.29, 1.82) is 0 Å². The first kappa shape index (κ1) is 12.2. The average Bonchev–Trinajstić information content (AvgIpc) is 3.26. The van der Waals surface area contributed by atoms with Crippen LogP contribution >= 0.6 is 0 Å². The topological polar surface area (TPSA) is 32.3 Å². The third-order valence-electron chi connectivity index (χ3n) is 3.62. The molecule has 0 bridgehead atoms. The lowest BCUT2D eigenvalue weighted by molar-refractivity contribution is 0.475. The maximum absolute atomic E-state index is 9.22. The molecule has 0 aliphatic heterocycles. The molecule has 1 saturated carbocycles. The third-order valence-corrected chi connectivity index (χ3v) is 3.62. The van der Waals surface area contributed by atoms with Crippen molar-refractivity contribution >= 4 is 0 Å². The van der Waals surface area contributed by atoms with Gasteiger partial charge in [-0.3, -0.25) is 0 Å². The molecule has 0 amide bonds. The predicted octanol–water partition coefficient (Wildman–Crippen LogP) is 3.56. The summed E-state index contributed by atoms with van der Waals surface area (Å²) in [5.41, 5.74) is 4.00. The van der Waals surface area contributed by atoms with Gasteiger partial charge in [0.2, 0.25) is 0 Å². The van der Waals surface area contributed by atoms with E-state index in [0.717, 1.165) is 19.0 Å². The largest absolute Gasteiger partial charge is 0.508 e. The highest BCUT2D eigenvalue weighted by Gasteiger charge is 2.22. The van der Waals surface area contributed by atoms with Crippen LogP contribution in [0, 0.1) is 0 Å². The van der Waals surface area contributed by atoms with E-state index in [1.54, 1.807) is 12.1 Å². The first-order valence-electron chi connectivity index (χ1n) is 6.89. The number of rotatable bonds is 5. The molecule has 0 heterocycles. The van der Waals surface area contributed by atoms with Gasteiger partial charge in [-0.1, -0.05) is 36.4 Å². The van der Waals surface area contributed by atoms with E-state index in [4.69, 9.17) is 0 Å². The molecular formula is C17H19NO. The average molecular weight is 253 g/mol. The fourth-order valence-electron chi connectivity index (χ4n) is 2.29. The number of hydrogen-bond acceptors (Lipinski definition) is 2. The smallest absolute Gasteiger partial charge is 0.115 e. The second kappa shape index (κ2) is 5.45. The number of nitrogens with one attached hydrogen (secondary N) is 1. The summed E-state index contributed by atoms with van der Waals surface area (Å²) in [7, 11) is 0. The normalized spacial score (nSPS) is 14.5. The summed E-state index contributed by atoms with van der Waals surface area (Å²) in [6.07, 6.45) is 2.72. The zero-order valence-corrected chi connectivity index (χ0v) is 11.0. The van der Waals surface area contributed by atoms with E-state index in [2.05, 4.69) is 29.6 Å². The summed E-state index contributed by atoms with van der Waals surface area (Å²) in [5.74, 6) is 1.15. The van der Waals surface area contributed by atoms with Crippen LogP contribution in [0.2, 0.25) is 0 Å². The molecule has 0 aromatic heterocycles. The van der Waals surface area contributed by atoms with Crippen LogP contribution in [-0.2, 0) is 13.1 Å². The van der Waals surface area contributed by atoms with Crippen molar-refractivity contribution < 1.29 is 5.11 Å². The second-order valence-electron chi connectivity index (χ2n) is 5.29. The molecule has 0 spiro atoms. The van der Waals surface area contributed by atoms with Crippen molar-refractivity contribution in [3.8, 4) is 5.75 Å². The maximum atomic E-state index is 9.22. The minimum atomic E-state index is 0.319. The molecule has 1 aliphatic carbocycles. The standard InChI is InChI=1S/C17H19NO/c19-17-9-3-14(4-10-17)12-18-11-13-1-5-15(6-2-13)16-7-8-16/h1-6,9-10,16,18-19H,7-8,11-12H2. The number of benzene rings is 2. The summed E-state index contributed by atoms with van der Waals surface area (Å²) in [6.45, 7) is 1.70. The zero-order valence-electron chi connectivity index (χ0n) is 11.0. The third kappa shape index (κ3) is 3.36. The van der Waals surface area contributed by atoms with Crippen LogP contribution in [0.15, 0.2) is 48.5 Å². The summed E-state index contributed by atoms with van der Waals surface area (Å²) < 4.78 is 0. The van der Waals surface area contributed by atoms with Gasteiger partial charge in [-0.25, -0.2) is 0 Å². The number of phenolic OH excluding ortho intramolecular Hbond substituents is 1. The van der Waals surface area contributed by atoms with E-state index < -0.39 is 0 Å². The second-order valence-corrected chi connectivity index (χ2v) is 5.29. The van der Waals surface area contributed by atoms with Crippen molar-refractivity contribution in [2.45, 2.75) is 31.8 Å². The van der Waals surface area contributed by atoms with Crippen LogP contribution < -0.4 is 5.32 Å². The van der Waals surface area contributed by atoms with Gasteiger partial charge in [-0.05, 0) is 47.6 Å². The monoisotopic (exact) mass is 253 g/mol. The molecule has 2 N–H and O–H groups in total. The van der Waals surface area contributed by atoms with Crippen molar-refractivity contribution in [1.82, 2.24) is 5.32 Å². The molecular weight excluding hydrogens is 234 g/mol. The van der Waals surface area contributed by atoms with Crippen LogP contribution in [0.3, 0.4) is 0 Å². The SMILES string of the molecule is Oc1ccc(CNCc2ccc(C3CC3)cc2)cc1. The van der Waals surface area contributed by atoms with Crippen LogP contribution in [0.5, 0.6) is 5.75 Å². The highest BCUT2D eigenvalue weighted by molar-refractivity contribution is 5.28. The van der Waals surface area contributed by atoms with Crippen molar-refractivity contribution in [3.63, 3.8) is 0 Å². The lowest BCUT2D eigenvalue weighted by Crippen LogP contribution is -2.12. The molecule has 1 fully saturated rings. The Labute approximate surface area is 114 Å². The summed E-state index contributed by atoms with van der Waals surface area (Å²) in [5, 5.41) is 12.6. The summed E-state index contributed by atoms with van der Waals surface area (Å²) in [6, 6.07) is 16.3.